The summed E-state index contributed by atoms with van der Waals surface area (Å²) in [5, 5.41) is 3.28. The molecule has 1 N–H and O–H groups in total. The van der Waals surface area contributed by atoms with Crippen LogP contribution < -0.4 is 10.1 Å². The Labute approximate surface area is 209 Å². The van der Waals surface area contributed by atoms with Gasteiger partial charge in [-0.1, -0.05) is 55.7 Å². The van der Waals surface area contributed by atoms with E-state index in [4.69, 9.17) is 4.74 Å². The van der Waals surface area contributed by atoms with E-state index in [9.17, 15) is 9.18 Å². The molecule has 4 rings (SSSR count). The number of halogens is 1. The summed E-state index contributed by atoms with van der Waals surface area (Å²) in [5.74, 6) is 0.449. The molecule has 6 heteroatoms. The molecule has 2 aromatic carbocycles. The Hall–Kier alpha value is -2.86. The highest BCUT2D eigenvalue weighted by Gasteiger charge is 2.26. The van der Waals surface area contributed by atoms with Gasteiger partial charge in [0, 0.05) is 44.3 Å². The van der Waals surface area contributed by atoms with Crippen LogP contribution in [-0.2, 0) is 6.42 Å². The van der Waals surface area contributed by atoms with Crippen LogP contribution in [0.15, 0.2) is 54.6 Å². The molecule has 35 heavy (non-hydrogen) atoms. The highest BCUT2D eigenvalue weighted by atomic mass is 19.1. The van der Waals surface area contributed by atoms with E-state index in [0.29, 0.717) is 5.75 Å². The molecule has 0 aromatic heterocycles. The summed E-state index contributed by atoms with van der Waals surface area (Å²) >= 11 is 0. The number of ether oxygens (including phenoxy) is 1. The number of rotatable bonds is 8. The van der Waals surface area contributed by atoms with Crippen LogP contribution in [0.1, 0.15) is 49.7 Å². The zero-order valence-electron chi connectivity index (χ0n) is 21.0. The predicted octanol–water partition coefficient (Wildman–Crippen LogP) is 5.51. The van der Waals surface area contributed by atoms with Gasteiger partial charge in [-0.15, -0.1) is 0 Å². The molecule has 1 aliphatic carbocycles. The minimum absolute atomic E-state index is 0.0237. The highest BCUT2D eigenvalue weighted by molar-refractivity contribution is 5.74. The summed E-state index contributed by atoms with van der Waals surface area (Å²) in [6.07, 6.45) is 9.60. The molecule has 0 spiro atoms. The van der Waals surface area contributed by atoms with Gasteiger partial charge in [0.25, 0.3) is 0 Å². The van der Waals surface area contributed by atoms with Gasteiger partial charge in [-0.05, 0) is 55.0 Å². The third kappa shape index (κ3) is 6.85. The van der Waals surface area contributed by atoms with Crippen molar-refractivity contribution in [2.24, 2.45) is 0 Å². The van der Waals surface area contributed by atoms with Crippen molar-refractivity contribution < 1.29 is 13.9 Å². The molecular weight excluding hydrogens is 441 g/mol. The van der Waals surface area contributed by atoms with E-state index in [1.807, 2.05) is 18.0 Å². The molecule has 2 amide bonds. The number of hydrogen-bond donors (Lipinski definition) is 1. The molecule has 0 saturated heterocycles. The average molecular weight is 480 g/mol. The van der Waals surface area contributed by atoms with Crippen molar-refractivity contribution in [1.82, 2.24) is 15.1 Å². The first-order valence-corrected chi connectivity index (χ1v) is 12.9. The van der Waals surface area contributed by atoms with E-state index in [0.717, 1.165) is 56.5 Å². The SMILES string of the molecule is COc1ccc(F)cc1C1=CCN(C[C@@H](Cc2ccccc2)N(C)C(=O)NC2CCCCC2)CC1. The summed E-state index contributed by atoms with van der Waals surface area (Å²) in [6.45, 7) is 2.40. The number of hydrogen-bond acceptors (Lipinski definition) is 3. The van der Waals surface area contributed by atoms with Crippen molar-refractivity contribution in [1.29, 1.82) is 0 Å². The number of carbonyl (C=O) groups is 1. The van der Waals surface area contributed by atoms with Crippen LogP contribution in [0.5, 0.6) is 5.75 Å². The number of urea groups is 1. The Morgan fingerprint density at radius 3 is 2.63 bits per heavy atom. The molecule has 0 bridgehead atoms. The maximum atomic E-state index is 13.9. The average Bonchev–Trinajstić information content (AvgIpc) is 2.89. The van der Waals surface area contributed by atoms with E-state index in [2.05, 4.69) is 40.6 Å². The number of amides is 2. The fourth-order valence-electron chi connectivity index (χ4n) is 5.25. The topological polar surface area (TPSA) is 44.8 Å². The smallest absolute Gasteiger partial charge is 0.317 e. The molecule has 1 aliphatic heterocycles. The number of benzene rings is 2. The summed E-state index contributed by atoms with van der Waals surface area (Å²) in [7, 11) is 3.55. The van der Waals surface area contributed by atoms with Gasteiger partial charge in [0.2, 0.25) is 0 Å². The minimum atomic E-state index is -0.252. The van der Waals surface area contributed by atoms with Crippen LogP contribution in [0.25, 0.3) is 5.57 Å². The number of nitrogens with one attached hydrogen (secondary N) is 1. The second kappa shape index (κ2) is 12.2. The van der Waals surface area contributed by atoms with Gasteiger partial charge in [-0.3, -0.25) is 4.90 Å². The lowest BCUT2D eigenvalue weighted by molar-refractivity contribution is 0.158. The maximum absolute atomic E-state index is 13.9. The Bertz CT molecular complexity index is 1000. The van der Waals surface area contributed by atoms with Crippen LogP contribution in [0.4, 0.5) is 9.18 Å². The van der Waals surface area contributed by atoms with E-state index in [-0.39, 0.29) is 23.9 Å². The predicted molar refractivity (Wildman–Crippen MR) is 139 cm³/mol. The van der Waals surface area contributed by atoms with Crippen molar-refractivity contribution in [3.63, 3.8) is 0 Å². The highest BCUT2D eigenvalue weighted by Crippen LogP contribution is 2.31. The lowest BCUT2D eigenvalue weighted by atomic mass is 9.95. The van der Waals surface area contributed by atoms with Gasteiger partial charge in [-0.2, -0.15) is 0 Å². The van der Waals surface area contributed by atoms with E-state index < -0.39 is 0 Å². The quantitative estimate of drug-likeness (QED) is 0.543. The minimum Gasteiger partial charge on any atom is -0.496 e. The first-order chi connectivity index (χ1) is 17.0. The molecule has 188 valence electrons. The van der Waals surface area contributed by atoms with Crippen LogP contribution in [-0.4, -0.2) is 61.7 Å². The van der Waals surface area contributed by atoms with Gasteiger partial charge in [0.15, 0.2) is 0 Å². The van der Waals surface area contributed by atoms with Gasteiger partial charge < -0.3 is 15.0 Å². The zero-order chi connectivity index (χ0) is 24.6. The number of likely N-dealkylation sites (N-methyl/N-ethyl adjacent to an activating group) is 1. The number of carbonyl (C=O) groups excluding carboxylic acids is 1. The van der Waals surface area contributed by atoms with Crippen molar-refractivity contribution in [3.8, 4) is 5.75 Å². The monoisotopic (exact) mass is 479 g/mol. The fraction of sp³-hybridized carbons (Fsp3) is 0.483. The van der Waals surface area contributed by atoms with Crippen molar-refractivity contribution in [2.45, 2.75) is 57.0 Å². The molecule has 0 unspecified atom stereocenters. The third-order valence-electron chi connectivity index (χ3n) is 7.38. The molecule has 1 saturated carbocycles. The third-order valence-corrected chi connectivity index (χ3v) is 7.38. The summed E-state index contributed by atoms with van der Waals surface area (Å²) in [6, 6.07) is 15.4. The molecule has 1 heterocycles. The first-order valence-electron chi connectivity index (χ1n) is 12.9. The van der Waals surface area contributed by atoms with Crippen molar-refractivity contribution in [3.05, 3.63) is 71.6 Å². The number of methoxy groups -OCH3 is 1. The Morgan fingerprint density at radius 1 is 1.17 bits per heavy atom. The molecule has 1 fully saturated rings. The number of nitrogens with zero attached hydrogens (tertiary/aromatic N) is 2. The summed E-state index contributed by atoms with van der Waals surface area (Å²) in [4.78, 5) is 17.4. The maximum Gasteiger partial charge on any atom is 0.317 e. The second-order valence-electron chi connectivity index (χ2n) is 9.82. The lowest BCUT2D eigenvalue weighted by Gasteiger charge is -2.36. The molecule has 5 nitrogen and oxygen atoms in total. The molecule has 2 aromatic rings. The van der Waals surface area contributed by atoms with Gasteiger partial charge in [0.1, 0.15) is 11.6 Å². The normalized spacial score (nSPS) is 18.0. The van der Waals surface area contributed by atoms with Gasteiger partial charge >= 0.3 is 6.03 Å². The van der Waals surface area contributed by atoms with Crippen LogP contribution in [0.2, 0.25) is 0 Å². The zero-order valence-corrected chi connectivity index (χ0v) is 21.0. The standard InChI is InChI=1S/C29H38FN3O2/c1-32(29(34)31-25-11-7-4-8-12-25)26(19-22-9-5-3-6-10-22)21-33-17-15-23(16-18-33)27-20-24(30)13-14-28(27)35-2/h3,5-6,9-10,13-15,20,25-26H,4,7-8,11-12,16-19,21H2,1-2H3,(H,31,34)/t26-/m1/s1. The van der Waals surface area contributed by atoms with Gasteiger partial charge in [-0.25, -0.2) is 9.18 Å². The van der Waals surface area contributed by atoms with Crippen LogP contribution in [0, 0.1) is 5.82 Å². The first kappa shape index (κ1) is 25.2. The molecule has 0 radical (unpaired) electrons. The summed E-state index contributed by atoms with van der Waals surface area (Å²) in [5.41, 5.74) is 3.17. The van der Waals surface area contributed by atoms with E-state index in [1.165, 1.54) is 30.9 Å². The molecule has 1 atom stereocenters. The van der Waals surface area contributed by atoms with Crippen molar-refractivity contribution in [2.75, 3.05) is 33.8 Å². The second-order valence-corrected chi connectivity index (χ2v) is 9.82. The molecular formula is C29H38FN3O2. The fourth-order valence-corrected chi connectivity index (χ4v) is 5.25. The van der Waals surface area contributed by atoms with E-state index in [1.54, 1.807) is 19.2 Å². The summed E-state index contributed by atoms with van der Waals surface area (Å²) < 4.78 is 19.3. The Kier molecular flexibility index (Phi) is 8.80. The van der Waals surface area contributed by atoms with Crippen molar-refractivity contribution >= 4 is 11.6 Å². The lowest BCUT2D eigenvalue weighted by Crippen LogP contribution is -2.52. The van der Waals surface area contributed by atoms with Gasteiger partial charge in [0.05, 0.1) is 7.11 Å². The Morgan fingerprint density at radius 2 is 1.94 bits per heavy atom. The Balaban J connectivity index is 1.44. The molecule has 2 aliphatic rings. The van der Waals surface area contributed by atoms with Crippen LogP contribution in [0.3, 0.4) is 0 Å². The van der Waals surface area contributed by atoms with Crippen LogP contribution >= 0.6 is 0 Å². The van der Waals surface area contributed by atoms with E-state index >= 15 is 0 Å². The largest absolute Gasteiger partial charge is 0.496 e.